The number of aliphatic imine (C=N–C) groups is 1. The van der Waals surface area contributed by atoms with E-state index in [4.69, 9.17) is 0 Å². The predicted molar refractivity (Wildman–Crippen MR) is 124 cm³/mol. The Balaban J connectivity index is 0.00000256. The van der Waals surface area contributed by atoms with Crippen LogP contribution in [-0.4, -0.2) is 38.2 Å². The Morgan fingerprint density at radius 1 is 1.00 bits per heavy atom. The fourth-order valence-electron chi connectivity index (χ4n) is 4.03. The smallest absolute Gasteiger partial charge is 0.191 e. The normalized spacial score (nSPS) is 21.7. The summed E-state index contributed by atoms with van der Waals surface area (Å²) in [6.07, 6.45) is 2.47. The Kier molecular flexibility index (Phi) is 7.49. The maximum atomic E-state index is 14.0. The zero-order valence-electron chi connectivity index (χ0n) is 16.7. The second kappa shape index (κ2) is 9.89. The van der Waals surface area contributed by atoms with E-state index >= 15 is 0 Å². The summed E-state index contributed by atoms with van der Waals surface area (Å²) in [6, 6.07) is 10.9. The molecule has 1 aliphatic heterocycles. The largest absolute Gasteiger partial charge is 0.371 e. The Morgan fingerprint density at radius 2 is 1.67 bits per heavy atom. The Morgan fingerprint density at radius 3 is 2.30 bits per heavy atom. The predicted octanol–water partition coefficient (Wildman–Crippen LogP) is 4.41. The van der Waals surface area contributed by atoms with E-state index in [-0.39, 0.29) is 53.4 Å². The van der Waals surface area contributed by atoms with Crippen molar-refractivity contribution in [2.45, 2.75) is 37.3 Å². The molecule has 1 saturated heterocycles. The summed E-state index contributed by atoms with van der Waals surface area (Å²) >= 11 is 0. The van der Waals surface area contributed by atoms with Gasteiger partial charge in [0.25, 0.3) is 0 Å². The van der Waals surface area contributed by atoms with Gasteiger partial charge in [-0.1, -0.05) is 12.1 Å². The molecular weight excluding hydrogens is 504 g/mol. The number of hydrogen-bond acceptors (Lipinski definition) is 2. The van der Waals surface area contributed by atoms with Crippen LogP contribution in [0.1, 0.15) is 30.7 Å². The van der Waals surface area contributed by atoms with E-state index in [1.54, 1.807) is 19.2 Å². The average molecular weight is 530 g/mol. The van der Waals surface area contributed by atoms with Crippen LogP contribution in [0, 0.1) is 17.5 Å². The van der Waals surface area contributed by atoms with Gasteiger partial charge in [0.05, 0.1) is 0 Å². The van der Waals surface area contributed by atoms with Crippen molar-refractivity contribution in [3.8, 4) is 0 Å². The molecule has 2 N–H and O–H groups in total. The van der Waals surface area contributed by atoms with Crippen molar-refractivity contribution in [3.05, 3.63) is 65.5 Å². The molecule has 8 heteroatoms. The van der Waals surface area contributed by atoms with Gasteiger partial charge < -0.3 is 15.5 Å². The SMILES string of the molecule is CN=C(NC1CCN(c2cccc(F)c2)CC1)NC1CC1c1c(F)cccc1F.I. The zero-order chi connectivity index (χ0) is 20.4. The average Bonchev–Trinajstić information content (AvgIpc) is 3.46. The second-order valence-electron chi connectivity index (χ2n) is 7.69. The number of rotatable bonds is 4. The lowest BCUT2D eigenvalue weighted by Gasteiger charge is -2.34. The van der Waals surface area contributed by atoms with Gasteiger partial charge in [-0.2, -0.15) is 0 Å². The lowest BCUT2D eigenvalue weighted by Crippen LogP contribution is -2.49. The summed E-state index contributed by atoms with van der Waals surface area (Å²) in [4.78, 5) is 6.44. The van der Waals surface area contributed by atoms with Crippen LogP contribution in [-0.2, 0) is 0 Å². The minimum atomic E-state index is -0.494. The van der Waals surface area contributed by atoms with Gasteiger partial charge in [-0.15, -0.1) is 24.0 Å². The molecule has 1 heterocycles. The molecule has 2 aliphatic rings. The minimum Gasteiger partial charge on any atom is -0.371 e. The number of guanidine groups is 1. The topological polar surface area (TPSA) is 39.7 Å². The van der Waals surface area contributed by atoms with Gasteiger partial charge in [-0.3, -0.25) is 4.99 Å². The summed E-state index contributed by atoms with van der Waals surface area (Å²) in [5.74, 6) is -0.736. The lowest BCUT2D eigenvalue weighted by atomic mass is 10.0. The molecule has 2 aromatic rings. The molecule has 4 nitrogen and oxygen atoms in total. The highest BCUT2D eigenvalue weighted by atomic mass is 127. The summed E-state index contributed by atoms with van der Waals surface area (Å²) in [7, 11) is 1.69. The highest BCUT2D eigenvalue weighted by Crippen LogP contribution is 2.43. The van der Waals surface area contributed by atoms with Crippen LogP contribution < -0.4 is 15.5 Å². The van der Waals surface area contributed by atoms with Crippen LogP contribution >= 0.6 is 24.0 Å². The maximum Gasteiger partial charge on any atom is 0.191 e. The van der Waals surface area contributed by atoms with Crippen molar-refractivity contribution in [2.24, 2.45) is 4.99 Å². The van der Waals surface area contributed by atoms with Crippen LogP contribution in [0.2, 0.25) is 0 Å². The Hall–Kier alpha value is -1.97. The number of anilines is 1. The van der Waals surface area contributed by atoms with Gasteiger partial charge in [-0.25, -0.2) is 13.2 Å². The number of hydrogen-bond donors (Lipinski definition) is 2. The highest BCUT2D eigenvalue weighted by Gasteiger charge is 2.42. The summed E-state index contributed by atoms with van der Waals surface area (Å²) in [5, 5.41) is 6.70. The van der Waals surface area contributed by atoms with Crippen molar-refractivity contribution in [2.75, 3.05) is 25.0 Å². The molecule has 4 rings (SSSR count). The van der Waals surface area contributed by atoms with Gasteiger partial charge in [0, 0.05) is 49.4 Å². The molecule has 162 valence electrons. The first-order chi connectivity index (χ1) is 14.0. The van der Waals surface area contributed by atoms with E-state index in [0.717, 1.165) is 31.6 Å². The van der Waals surface area contributed by atoms with Crippen LogP contribution in [0.15, 0.2) is 47.5 Å². The summed E-state index contributed by atoms with van der Waals surface area (Å²) in [6.45, 7) is 1.65. The van der Waals surface area contributed by atoms with E-state index in [9.17, 15) is 13.2 Å². The molecule has 30 heavy (non-hydrogen) atoms. The highest BCUT2D eigenvalue weighted by molar-refractivity contribution is 14.0. The molecule has 2 aromatic carbocycles. The van der Waals surface area contributed by atoms with Gasteiger partial charge in [0.2, 0.25) is 0 Å². The molecule has 2 unspecified atom stereocenters. The first-order valence-corrected chi connectivity index (χ1v) is 9.99. The first kappa shape index (κ1) is 22.7. The van der Waals surface area contributed by atoms with Crippen molar-refractivity contribution in [3.63, 3.8) is 0 Å². The fourth-order valence-corrected chi connectivity index (χ4v) is 4.03. The van der Waals surface area contributed by atoms with Gasteiger partial charge in [-0.05, 0) is 49.6 Å². The molecule has 0 bridgehead atoms. The third-order valence-electron chi connectivity index (χ3n) is 5.72. The van der Waals surface area contributed by atoms with Crippen LogP contribution in [0.5, 0.6) is 0 Å². The van der Waals surface area contributed by atoms with E-state index in [2.05, 4.69) is 20.5 Å². The van der Waals surface area contributed by atoms with Crippen molar-refractivity contribution in [1.82, 2.24) is 10.6 Å². The standard InChI is InChI=1S/C22H25F3N4.HI/c1-26-22(28-20-13-17(20)21-18(24)6-3-7-19(21)25)27-15-8-10-29(11-9-15)16-5-2-4-14(23)12-16;/h2-7,12,15,17,20H,8-11,13H2,1H3,(H2,26,27,28);1H. The quantitative estimate of drug-likeness (QED) is 0.350. The minimum absolute atomic E-state index is 0. The van der Waals surface area contributed by atoms with Crippen molar-refractivity contribution < 1.29 is 13.2 Å². The maximum absolute atomic E-state index is 14.0. The molecule has 0 aromatic heterocycles. The molecule has 1 saturated carbocycles. The van der Waals surface area contributed by atoms with Crippen molar-refractivity contribution in [1.29, 1.82) is 0 Å². The number of nitrogens with one attached hydrogen (secondary N) is 2. The lowest BCUT2D eigenvalue weighted by molar-refractivity contribution is 0.460. The second-order valence-corrected chi connectivity index (χ2v) is 7.69. The first-order valence-electron chi connectivity index (χ1n) is 9.99. The van der Waals surface area contributed by atoms with Crippen molar-refractivity contribution >= 4 is 35.6 Å². The molecule has 0 amide bonds. The van der Waals surface area contributed by atoms with E-state index in [1.165, 1.54) is 24.3 Å². The Labute approximate surface area is 192 Å². The van der Waals surface area contributed by atoms with Crippen LogP contribution in [0.3, 0.4) is 0 Å². The van der Waals surface area contributed by atoms with Gasteiger partial charge >= 0.3 is 0 Å². The van der Waals surface area contributed by atoms with E-state index in [1.807, 2.05) is 6.07 Å². The van der Waals surface area contributed by atoms with Gasteiger partial charge in [0.15, 0.2) is 5.96 Å². The molecule has 2 atom stereocenters. The summed E-state index contributed by atoms with van der Waals surface area (Å²) in [5.41, 5.74) is 1.06. The monoisotopic (exact) mass is 530 g/mol. The number of piperidine rings is 1. The van der Waals surface area contributed by atoms with Gasteiger partial charge in [0.1, 0.15) is 17.5 Å². The van der Waals surface area contributed by atoms with Crippen LogP contribution in [0.4, 0.5) is 18.9 Å². The number of nitrogens with zero attached hydrogens (tertiary/aromatic N) is 2. The molecule has 0 spiro atoms. The molecule has 2 fully saturated rings. The number of benzene rings is 2. The zero-order valence-corrected chi connectivity index (χ0v) is 19.1. The summed E-state index contributed by atoms with van der Waals surface area (Å²) < 4.78 is 41.4. The van der Waals surface area contributed by atoms with E-state index < -0.39 is 11.6 Å². The Bertz CT molecular complexity index is 879. The fraction of sp³-hybridized carbons (Fsp3) is 0.409. The van der Waals surface area contributed by atoms with E-state index in [0.29, 0.717) is 12.4 Å². The molecule has 0 radical (unpaired) electrons. The molecular formula is C22H26F3IN4. The number of halogens is 4. The van der Waals surface area contributed by atoms with Crippen LogP contribution in [0.25, 0.3) is 0 Å². The third kappa shape index (κ3) is 5.19. The molecule has 1 aliphatic carbocycles. The third-order valence-corrected chi connectivity index (χ3v) is 5.72.